The van der Waals surface area contributed by atoms with Crippen molar-refractivity contribution >= 4 is 11.6 Å². The third-order valence-electron chi connectivity index (χ3n) is 5.57. The highest BCUT2D eigenvalue weighted by atomic mass is 16.1. The number of hydrogen-bond donors (Lipinski definition) is 2. The number of anilines is 1. The average Bonchev–Trinajstić information content (AvgIpc) is 3.10. The van der Waals surface area contributed by atoms with Gasteiger partial charge in [0.1, 0.15) is 0 Å². The van der Waals surface area contributed by atoms with E-state index < -0.39 is 0 Å². The fourth-order valence-corrected chi connectivity index (χ4v) is 3.86. The Labute approximate surface area is 189 Å². The van der Waals surface area contributed by atoms with Gasteiger partial charge in [0.25, 0.3) is 0 Å². The van der Waals surface area contributed by atoms with Crippen LogP contribution in [-0.2, 0) is 4.79 Å². The molecular formula is C27H28N4O. The van der Waals surface area contributed by atoms with Crippen LogP contribution < -0.4 is 10.6 Å². The molecule has 0 saturated carbocycles. The van der Waals surface area contributed by atoms with Crippen LogP contribution in [0.4, 0.5) is 5.69 Å². The topological polar surface area (TPSA) is 59.0 Å². The fraction of sp³-hybridized carbons (Fsp3) is 0.185. The summed E-state index contributed by atoms with van der Waals surface area (Å²) in [6, 6.07) is 28.4. The number of para-hydroxylation sites is 1. The molecule has 0 unspecified atom stereocenters. The van der Waals surface area contributed by atoms with E-state index in [2.05, 4.69) is 59.1 Å². The van der Waals surface area contributed by atoms with Gasteiger partial charge in [0.05, 0.1) is 35.3 Å². The highest BCUT2D eigenvalue weighted by Gasteiger charge is 2.18. The molecule has 3 aromatic carbocycles. The molecule has 0 spiro atoms. The normalized spacial score (nSPS) is 11.8. The zero-order valence-corrected chi connectivity index (χ0v) is 18.7. The fourth-order valence-electron chi connectivity index (χ4n) is 3.86. The summed E-state index contributed by atoms with van der Waals surface area (Å²) >= 11 is 0. The van der Waals surface area contributed by atoms with Crippen molar-refractivity contribution in [2.75, 3.05) is 11.9 Å². The minimum Gasteiger partial charge on any atom is -0.322 e. The third-order valence-corrected chi connectivity index (χ3v) is 5.57. The van der Waals surface area contributed by atoms with Gasteiger partial charge in [-0.3, -0.25) is 10.1 Å². The maximum absolute atomic E-state index is 12.9. The molecule has 5 heteroatoms. The summed E-state index contributed by atoms with van der Waals surface area (Å²) < 4.78 is 1.86. The van der Waals surface area contributed by atoms with Gasteiger partial charge in [-0.25, -0.2) is 4.68 Å². The molecule has 0 aliphatic rings. The van der Waals surface area contributed by atoms with E-state index in [1.807, 2.05) is 67.1 Å². The summed E-state index contributed by atoms with van der Waals surface area (Å²) in [5, 5.41) is 11.1. The standard InChI is InChI=1S/C27H28N4O/c1-19-14-16-23(17-15-19)27(22-10-6-4-7-11-22)28-18-25(32)29-26-20(2)30-31(21(26)3)24-12-8-5-9-13-24/h4-17,27-28H,18H2,1-3H3,(H,29,32)/t27-/m1/s1. The Bertz CT molecular complexity index is 1180. The molecule has 2 N–H and O–H groups in total. The number of carbonyl (C=O) groups is 1. The van der Waals surface area contributed by atoms with Crippen LogP contribution >= 0.6 is 0 Å². The lowest BCUT2D eigenvalue weighted by atomic mass is 9.98. The van der Waals surface area contributed by atoms with Gasteiger partial charge in [0, 0.05) is 0 Å². The highest BCUT2D eigenvalue weighted by Crippen LogP contribution is 2.24. The number of carbonyl (C=O) groups excluding carboxylic acids is 1. The van der Waals surface area contributed by atoms with Crippen molar-refractivity contribution < 1.29 is 4.79 Å². The van der Waals surface area contributed by atoms with Crippen molar-refractivity contribution in [3.63, 3.8) is 0 Å². The van der Waals surface area contributed by atoms with Gasteiger partial charge in [0.15, 0.2) is 0 Å². The van der Waals surface area contributed by atoms with E-state index in [1.54, 1.807) is 0 Å². The Morgan fingerprint density at radius 2 is 1.44 bits per heavy atom. The Hall–Kier alpha value is -3.70. The number of nitrogens with one attached hydrogen (secondary N) is 2. The van der Waals surface area contributed by atoms with Crippen LogP contribution in [0, 0.1) is 20.8 Å². The summed E-state index contributed by atoms with van der Waals surface area (Å²) in [6.45, 7) is 6.13. The van der Waals surface area contributed by atoms with Gasteiger partial charge in [-0.05, 0) is 44.0 Å². The van der Waals surface area contributed by atoms with Crippen molar-refractivity contribution in [1.82, 2.24) is 15.1 Å². The first-order chi connectivity index (χ1) is 15.5. The maximum Gasteiger partial charge on any atom is 0.238 e. The van der Waals surface area contributed by atoms with Gasteiger partial charge in [-0.2, -0.15) is 5.10 Å². The van der Waals surface area contributed by atoms with Gasteiger partial charge in [-0.1, -0.05) is 78.4 Å². The van der Waals surface area contributed by atoms with E-state index in [4.69, 9.17) is 0 Å². The van der Waals surface area contributed by atoms with E-state index in [9.17, 15) is 4.79 Å². The van der Waals surface area contributed by atoms with Crippen LogP contribution in [0.15, 0.2) is 84.9 Å². The second-order valence-corrected chi connectivity index (χ2v) is 7.98. The molecule has 0 aliphatic heterocycles. The SMILES string of the molecule is Cc1ccc([C@H](NCC(=O)Nc2c(C)nn(-c3ccccc3)c2C)c2ccccc2)cc1. The van der Waals surface area contributed by atoms with Crippen molar-refractivity contribution in [2.45, 2.75) is 26.8 Å². The molecule has 4 rings (SSSR count). The number of aromatic nitrogens is 2. The van der Waals surface area contributed by atoms with Gasteiger partial charge >= 0.3 is 0 Å². The monoisotopic (exact) mass is 424 g/mol. The molecule has 0 bridgehead atoms. The lowest BCUT2D eigenvalue weighted by Crippen LogP contribution is -2.32. The van der Waals surface area contributed by atoms with Crippen LogP contribution in [0.25, 0.3) is 5.69 Å². The zero-order chi connectivity index (χ0) is 22.5. The lowest BCUT2D eigenvalue weighted by Gasteiger charge is -2.20. The smallest absolute Gasteiger partial charge is 0.238 e. The summed E-state index contributed by atoms with van der Waals surface area (Å²) in [5.41, 5.74) is 6.87. The molecule has 0 saturated heterocycles. The molecule has 0 aliphatic carbocycles. The summed E-state index contributed by atoms with van der Waals surface area (Å²) in [5.74, 6) is -0.100. The number of benzene rings is 3. The minimum absolute atomic E-state index is 0.0724. The molecule has 4 aromatic rings. The van der Waals surface area contributed by atoms with E-state index in [0.717, 1.165) is 33.9 Å². The molecule has 1 aromatic heterocycles. The summed E-state index contributed by atoms with van der Waals surface area (Å²) in [7, 11) is 0. The van der Waals surface area contributed by atoms with Crippen LogP contribution in [0.3, 0.4) is 0 Å². The number of aryl methyl sites for hydroxylation is 2. The van der Waals surface area contributed by atoms with Crippen LogP contribution in [0.2, 0.25) is 0 Å². The maximum atomic E-state index is 12.9. The first kappa shape index (κ1) is 21.5. The molecule has 0 fully saturated rings. The van der Waals surface area contributed by atoms with Gasteiger partial charge < -0.3 is 5.32 Å². The van der Waals surface area contributed by atoms with E-state index >= 15 is 0 Å². The molecule has 0 radical (unpaired) electrons. The first-order valence-corrected chi connectivity index (χ1v) is 10.8. The summed E-state index contributed by atoms with van der Waals surface area (Å²) in [4.78, 5) is 12.9. The van der Waals surface area contributed by atoms with E-state index in [0.29, 0.717) is 0 Å². The Morgan fingerprint density at radius 3 is 2.09 bits per heavy atom. The van der Waals surface area contributed by atoms with E-state index in [-0.39, 0.29) is 18.5 Å². The average molecular weight is 425 g/mol. The van der Waals surface area contributed by atoms with Crippen molar-refractivity contribution in [3.05, 3.63) is 113 Å². The Kier molecular flexibility index (Phi) is 6.47. The molecule has 1 heterocycles. The molecular weight excluding hydrogens is 396 g/mol. The second kappa shape index (κ2) is 9.62. The third kappa shape index (κ3) is 4.79. The highest BCUT2D eigenvalue weighted by molar-refractivity contribution is 5.93. The van der Waals surface area contributed by atoms with Crippen LogP contribution in [0.5, 0.6) is 0 Å². The predicted molar refractivity (Wildman–Crippen MR) is 129 cm³/mol. The molecule has 32 heavy (non-hydrogen) atoms. The largest absolute Gasteiger partial charge is 0.322 e. The van der Waals surface area contributed by atoms with Gasteiger partial charge in [-0.15, -0.1) is 0 Å². The Morgan fingerprint density at radius 1 is 0.844 bits per heavy atom. The zero-order valence-electron chi connectivity index (χ0n) is 18.7. The van der Waals surface area contributed by atoms with Crippen molar-refractivity contribution in [2.24, 2.45) is 0 Å². The molecule has 1 atom stereocenters. The quantitative estimate of drug-likeness (QED) is 0.433. The lowest BCUT2D eigenvalue weighted by molar-refractivity contribution is -0.115. The Balaban J connectivity index is 1.50. The number of amides is 1. The minimum atomic E-state index is -0.100. The molecule has 1 amide bonds. The van der Waals surface area contributed by atoms with Crippen molar-refractivity contribution in [1.29, 1.82) is 0 Å². The first-order valence-electron chi connectivity index (χ1n) is 10.8. The molecule has 162 valence electrons. The van der Waals surface area contributed by atoms with E-state index in [1.165, 1.54) is 5.56 Å². The molecule has 5 nitrogen and oxygen atoms in total. The van der Waals surface area contributed by atoms with Gasteiger partial charge in [0.2, 0.25) is 5.91 Å². The van der Waals surface area contributed by atoms with Crippen molar-refractivity contribution in [3.8, 4) is 5.69 Å². The number of nitrogens with zero attached hydrogens (tertiary/aromatic N) is 2. The summed E-state index contributed by atoms with van der Waals surface area (Å²) in [6.07, 6.45) is 0. The van der Waals surface area contributed by atoms with Crippen LogP contribution in [-0.4, -0.2) is 22.2 Å². The second-order valence-electron chi connectivity index (χ2n) is 7.98. The predicted octanol–water partition coefficient (Wildman–Crippen LogP) is 5.12. The van der Waals surface area contributed by atoms with Crippen LogP contribution in [0.1, 0.15) is 34.1 Å². The number of hydrogen-bond acceptors (Lipinski definition) is 3. The number of rotatable bonds is 7.